The first kappa shape index (κ1) is 59.7. The molecular weight excluding hydrogens is 1090 g/mol. The maximum Gasteiger partial charge on any atom is 0.369 e. The number of phenols is 2. The monoisotopic (exact) mass is 1160 g/mol. The lowest BCUT2D eigenvalue weighted by atomic mass is 9.43. The quantitative estimate of drug-likeness (QED) is 0.122. The molecule has 6 rings (SSSR count). The van der Waals surface area contributed by atoms with E-state index in [4.69, 9.17) is 32.7 Å². The molecule has 2 aromatic carbocycles. The Hall–Kier alpha value is -1.60. The van der Waals surface area contributed by atoms with Crippen LogP contribution < -0.4 is 9.47 Å². The molecule has 4 aliphatic rings. The van der Waals surface area contributed by atoms with Gasteiger partial charge in [0.1, 0.15) is 34.6 Å². The lowest BCUT2D eigenvalue weighted by Gasteiger charge is -2.60. The Balaban J connectivity index is 0.000000312. The number of halogens is 5. The zero-order valence-electron chi connectivity index (χ0n) is 42.1. The highest BCUT2D eigenvalue weighted by Gasteiger charge is 2.60. The van der Waals surface area contributed by atoms with E-state index in [1.807, 2.05) is 18.2 Å². The molecule has 2 unspecified atom stereocenters. The molecule has 67 heavy (non-hydrogen) atoms. The number of phenolic OH excluding ortho intramolecular Hbond substituents is 2. The molecule has 0 aliphatic heterocycles. The van der Waals surface area contributed by atoms with Crippen LogP contribution in [0.5, 0.6) is 23.0 Å². The summed E-state index contributed by atoms with van der Waals surface area (Å²) in [6, 6.07) is 9.71. The summed E-state index contributed by atoms with van der Waals surface area (Å²) in [6.07, 6.45) is 11.8. The average molecular weight is 1160 g/mol. The molecule has 10 atom stereocenters. The third-order valence-electron chi connectivity index (χ3n) is 16.7. The second kappa shape index (κ2) is 25.7. The highest BCUT2D eigenvalue weighted by atomic mass is 79.9. The van der Waals surface area contributed by atoms with Crippen molar-refractivity contribution >= 4 is 96.8 Å². The van der Waals surface area contributed by atoms with Crippen LogP contribution in [-0.2, 0) is 9.59 Å². The molecule has 2 aromatic rings. The number of methoxy groups -OCH3 is 2. The van der Waals surface area contributed by atoms with Gasteiger partial charge in [-0.1, -0.05) is 68.2 Å². The fraction of sp³-hybridized carbons (Fsp3) is 0.698. The molecule has 0 saturated heterocycles. The zero-order chi connectivity index (χ0) is 50.8. The lowest BCUT2D eigenvalue weighted by Crippen LogP contribution is -2.56. The van der Waals surface area contributed by atoms with Crippen molar-refractivity contribution in [3.63, 3.8) is 0 Å². The first-order valence-electron chi connectivity index (χ1n) is 24.0. The predicted molar refractivity (Wildman–Crippen MR) is 287 cm³/mol. The summed E-state index contributed by atoms with van der Waals surface area (Å²) in [6.45, 7) is 21.8. The molecule has 4 saturated carbocycles. The topological polar surface area (TPSA) is 127 Å². The Kier molecular flexibility index (Phi) is 22.9. The Labute approximate surface area is 437 Å². The summed E-state index contributed by atoms with van der Waals surface area (Å²) < 4.78 is 11.2. The lowest BCUT2D eigenvalue weighted by molar-refractivity contribution is -0.120. The van der Waals surface area contributed by atoms with E-state index in [1.54, 1.807) is 28.1 Å². The number of carbonyl (C=O) groups is 4. The van der Waals surface area contributed by atoms with Crippen LogP contribution in [0.2, 0.25) is 0 Å². The summed E-state index contributed by atoms with van der Waals surface area (Å²) in [4.78, 5) is 51.3. The first-order valence-corrected chi connectivity index (χ1v) is 27.8. The van der Waals surface area contributed by atoms with Crippen LogP contribution in [-0.4, -0.2) is 56.1 Å². The maximum absolute atomic E-state index is 14.1. The molecule has 0 radical (unpaired) electrons. The highest BCUT2D eigenvalue weighted by molar-refractivity contribution is 9.69. The van der Waals surface area contributed by atoms with Gasteiger partial charge >= 0.3 is 3.18 Å². The van der Waals surface area contributed by atoms with Gasteiger partial charge in [-0.25, -0.2) is 0 Å². The summed E-state index contributed by atoms with van der Waals surface area (Å²) in [5.74, 6) is 3.51. The van der Waals surface area contributed by atoms with Crippen molar-refractivity contribution < 1.29 is 38.9 Å². The SMILES string of the molecule is BrB(Br)Br.CC(=O)CC[C@H]1CC2C(C)(C)CCC[C@]2(C)[C@@H](C(=O)c2cc(O)cc(O)c2)[C@@H]1C.COc1cc(OC)cc(C(=O)[C@H]2[C@H](C)[C@@H](CCC(C)=O)CC3C(C)(C)CCC[C@@]32C)c1.ClCCl. The van der Waals surface area contributed by atoms with Crippen molar-refractivity contribution in [2.45, 2.75) is 146 Å². The van der Waals surface area contributed by atoms with Crippen molar-refractivity contribution in [1.82, 2.24) is 0 Å². The van der Waals surface area contributed by atoms with Crippen LogP contribution in [0.15, 0.2) is 36.4 Å². The fourth-order valence-electron chi connectivity index (χ4n) is 13.7. The number of hydrogen-bond acceptors (Lipinski definition) is 8. The molecule has 8 nitrogen and oxygen atoms in total. The van der Waals surface area contributed by atoms with Gasteiger partial charge in [0.05, 0.1) is 19.6 Å². The summed E-state index contributed by atoms with van der Waals surface area (Å²) >= 11 is 18.8. The number of aromatic hydroxyl groups is 2. The number of carbonyl (C=O) groups excluding carboxylic acids is 4. The van der Waals surface area contributed by atoms with Crippen LogP contribution in [0.3, 0.4) is 0 Å². The number of ether oxygens (including phenoxy) is 2. The van der Waals surface area contributed by atoms with Gasteiger partial charge in [0.25, 0.3) is 0 Å². The van der Waals surface area contributed by atoms with E-state index >= 15 is 0 Å². The van der Waals surface area contributed by atoms with Gasteiger partial charge in [0.2, 0.25) is 0 Å². The number of Topliss-reactive ketones (excluding diaryl/α,β-unsaturated/α-hetero) is 4. The molecule has 0 spiro atoms. The molecule has 4 fully saturated rings. The van der Waals surface area contributed by atoms with Crippen molar-refractivity contribution in [1.29, 1.82) is 0 Å². The van der Waals surface area contributed by atoms with Gasteiger partial charge in [0.15, 0.2) is 11.6 Å². The van der Waals surface area contributed by atoms with Crippen LogP contribution in [0.25, 0.3) is 0 Å². The number of fused-ring (bicyclic) bond motifs is 2. The number of alkyl halides is 2. The molecule has 0 amide bonds. The predicted octanol–water partition coefficient (Wildman–Crippen LogP) is 15.7. The van der Waals surface area contributed by atoms with Crippen molar-refractivity contribution in [3.05, 3.63) is 47.5 Å². The van der Waals surface area contributed by atoms with E-state index in [2.05, 4.69) is 103 Å². The maximum atomic E-state index is 14.1. The Bertz CT molecular complexity index is 1950. The minimum Gasteiger partial charge on any atom is -0.508 e. The molecule has 14 heteroatoms. The highest BCUT2D eigenvalue weighted by Crippen LogP contribution is 2.65. The fourth-order valence-corrected chi connectivity index (χ4v) is 13.7. The number of benzene rings is 2. The third kappa shape index (κ3) is 15.2. The van der Waals surface area contributed by atoms with Gasteiger partial charge in [-0.15, -0.1) is 70.5 Å². The summed E-state index contributed by atoms with van der Waals surface area (Å²) in [5.41, 5.74) is 1.25. The Morgan fingerprint density at radius 2 is 0.955 bits per heavy atom. The normalized spacial score (nSPS) is 30.1. The van der Waals surface area contributed by atoms with Gasteiger partial charge in [-0.2, -0.15) is 0 Å². The van der Waals surface area contributed by atoms with E-state index in [0.29, 0.717) is 59.1 Å². The molecule has 0 aromatic heterocycles. The Morgan fingerprint density at radius 1 is 0.627 bits per heavy atom. The minimum atomic E-state index is -0.181. The molecule has 4 aliphatic carbocycles. The molecule has 2 N–H and O–H groups in total. The van der Waals surface area contributed by atoms with Crippen LogP contribution in [0, 0.1) is 69.0 Å². The number of rotatable bonds is 12. The van der Waals surface area contributed by atoms with E-state index in [0.717, 1.165) is 57.8 Å². The zero-order valence-corrected chi connectivity index (χ0v) is 48.4. The van der Waals surface area contributed by atoms with Crippen molar-refractivity contribution in [2.75, 3.05) is 19.6 Å². The van der Waals surface area contributed by atoms with E-state index < -0.39 is 0 Å². The first-order chi connectivity index (χ1) is 31.1. The molecule has 0 bridgehead atoms. The summed E-state index contributed by atoms with van der Waals surface area (Å²) in [7, 11) is 3.23. The average Bonchev–Trinajstić information content (AvgIpc) is 3.21. The number of hydrogen-bond donors (Lipinski definition) is 2. The second-order valence-corrected chi connectivity index (χ2v) is 29.1. The number of ketones is 4. The smallest absolute Gasteiger partial charge is 0.369 e. The van der Waals surface area contributed by atoms with Crippen molar-refractivity contribution in [2.24, 2.45) is 69.0 Å². The van der Waals surface area contributed by atoms with Gasteiger partial charge in [-0.3, -0.25) is 9.59 Å². The van der Waals surface area contributed by atoms with Crippen LogP contribution >= 0.6 is 70.5 Å². The second-order valence-electron chi connectivity index (χ2n) is 21.9. The van der Waals surface area contributed by atoms with Crippen LogP contribution in [0.4, 0.5) is 0 Å². The minimum absolute atomic E-state index is 0.0152. The van der Waals surface area contributed by atoms with Crippen molar-refractivity contribution in [3.8, 4) is 23.0 Å². The van der Waals surface area contributed by atoms with E-state index in [9.17, 15) is 29.4 Å². The van der Waals surface area contributed by atoms with E-state index in [-0.39, 0.29) is 88.5 Å². The van der Waals surface area contributed by atoms with E-state index in [1.165, 1.54) is 24.6 Å². The largest absolute Gasteiger partial charge is 0.508 e. The Morgan fingerprint density at radius 3 is 1.27 bits per heavy atom. The molecular formula is C53H78BBr3Cl2O8. The van der Waals surface area contributed by atoms with Gasteiger partial charge in [0, 0.05) is 47.9 Å². The molecule has 376 valence electrons. The van der Waals surface area contributed by atoms with Gasteiger partial charge < -0.3 is 29.3 Å². The standard InChI is InChI=1S/C27H40O4.C25H36O4.CH2Cl2.BBr3/c1-17(28)9-10-19-15-23-26(3,4)11-8-12-27(23,5)24(18(19)2)25(29)20-13-21(30-6)16-22(14-20)31-7;1-15(26)7-8-17-13-21-24(3,4)9-6-10-25(21,5)22(16(17)2)23(29)18-11-19(27)14-20(28)12-18;2-1-3;2-1(3)4/h13-14,16,18-19,23-24H,8-12,15H2,1-7H3;11-12,14,16-17,21-22,27-28H,6-10,13H2,1-5H3;1H2;/t18-,19+,23?,24-,27+;16-,17+,21?,22-,25+;;/m11../s1. The molecule has 0 heterocycles. The third-order valence-corrected chi connectivity index (χ3v) is 16.7. The summed E-state index contributed by atoms with van der Waals surface area (Å²) in [5, 5.41) is 20.1. The van der Waals surface area contributed by atoms with Crippen LogP contribution in [0.1, 0.15) is 167 Å². The van der Waals surface area contributed by atoms with Gasteiger partial charge in [-0.05, 0) is 147 Å².